The fourth-order valence-corrected chi connectivity index (χ4v) is 3.82. The first-order valence-electron chi connectivity index (χ1n) is 10.6. The molecule has 0 spiro atoms. The van der Waals surface area contributed by atoms with E-state index < -0.39 is 0 Å². The van der Waals surface area contributed by atoms with E-state index in [9.17, 15) is 4.79 Å². The van der Waals surface area contributed by atoms with Crippen molar-refractivity contribution in [2.45, 2.75) is 32.6 Å². The predicted octanol–water partition coefficient (Wildman–Crippen LogP) is 5.26. The van der Waals surface area contributed by atoms with Crippen LogP contribution in [0.4, 0.5) is 5.69 Å². The Balaban J connectivity index is 1.57. The van der Waals surface area contributed by atoms with E-state index in [1.807, 2.05) is 79.2 Å². The molecule has 6 nitrogen and oxygen atoms in total. The Hall–Kier alpha value is -3.67. The lowest BCUT2D eigenvalue weighted by atomic mass is 10.1. The Morgan fingerprint density at radius 2 is 1.87 bits per heavy atom. The molecule has 0 radical (unpaired) electrons. The molecule has 2 aromatic carbocycles. The summed E-state index contributed by atoms with van der Waals surface area (Å²) in [6, 6.07) is 19.3. The second-order valence-corrected chi connectivity index (χ2v) is 7.81. The molecule has 1 saturated carbocycles. The SMILES string of the molecule is CCOc1ccc(NC(=O)c2cc(C3CC3)nc3c2c(C)nn3-c2ccccc2)cc1. The molecule has 156 valence electrons. The summed E-state index contributed by atoms with van der Waals surface area (Å²) in [5.74, 6) is 1.04. The van der Waals surface area contributed by atoms with Gasteiger partial charge in [-0.05, 0) is 69.2 Å². The summed E-state index contributed by atoms with van der Waals surface area (Å²) in [7, 11) is 0. The lowest BCUT2D eigenvalue weighted by Gasteiger charge is -2.10. The highest BCUT2D eigenvalue weighted by molar-refractivity contribution is 6.12. The summed E-state index contributed by atoms with van der Waals surface area (Å²) in [4.78, 5) is 18.2. The highest BCUT2D eigenvalue weighted by Gasteiger charge is 2.29. The molecular weight excluding hydrogens is 388 g/mol. The van der Waals surface area contributed by atoms with Gasteiger partial charge in [0.1, 0.15) is 5.75 Å². The second-order valence-electron chi connectivity index (χ2n) is 7.81. The lowest BCUT2D eigenvalue weighted by molar-refractivity contribution is 0.102. The summed E-state index contributed by atoms with van der Waals surface area (Å²) >= 11 is 0. The largest absolute Gasteiger partial charge is 0.494 e. The summed E-state index contributed by atoms with van der Waals surface area (Å²) in [6.07, 6.45) is 2.22. The minimum atomic E-state index is -0.158. The number of aromatic nitrogens is 3. The average molecular weight is 412 g/mol. The van der Waals surface area contributed by atoms with E-state index in [-0.39, 0.29) is 5.91 Å². The van der Waals surface area contributed by atoms with Crippen molar-refractivity contribution in [1.82, 2.24) is 14.8 Å². The van der Waals surface area contributed by atoms with Crippen molar-refractivity contribution < 1.29 is 9.53 Å². The highest BCUT2D eigenvalue weighted by Crippen LogP contribution is 2.40. The molecule has 1 fully saturated rings. The van der Waals surface area contributed by atoms with Crippen molar-refractivity contribution in [2.75, 3.05) is 11.9 Å². The fourth-order valence-electron chi connectivity index (χ4n) is 3.82. The van der Waals surface area contributed by atoms with Gasteiger partial charge >= 0.3 is 0 Å². The second kappa shape index (κ2) is 7.87. The Kier molecular flexibility index (Phi) is 4.90. The van der Waals surface area contributed by atoms with Crippen LogP contribution in [-0.4, -0.2) is 27.3 Å². The molecule has 1 aliphatic carbocycles. The lowest BCUT2D eigenvalue weighted by Crippen LogP contribution is -2.13. The molecule has 6 heteroatoms. The number of pyridine rings is 1. The van der Waals surface area contributed by atoms with Crippen LogP contribution in [0.15, 0.2) is 60.7 Å². The highest BCUT2D eigenvalue weighted by atomic mass is 16.5. The predicted molar refractivity (Wildman–Crippen MR) is 121 cm³/mol. The van der Waals surface area contributed by atoms with Crippen LogP contribution < -0.4 is 10.1 Å². The molecule has 0 atom stereocenters. The van der Waals surface area contributed by atoms with Crippen LogP contribution in [-0.2, 0) is 0 Å². The number of rotatable bonds is 6. The van der Waals surface area contributed by atoms with Crippen LogP contribution in [0.5, 0.6) is 5.75 Å². The molecule has 4 aromatic rings. The molecule has 0 saturated heterocycles. The van der Waals surface area contributed by atoms with Gasteiger partial charge in [0, 0.05) is 17.3 Å². The Bertz CT molecular complexity index is 1240. The zero-order chi connectivity index (χ0) is 21.4. The maximum Gasteiger partial charge on any atom is 0.256 e. The zero-order valence-corrected chi connectivity index (χ0v) is 17.6. The van der Waals surface area contributed by atoms with Crippen molar-refractivity contribution in [3.63, 3.8) is 0 Å². The number of hydrogen-bond donors (Lipinski definition) is 1. The number of nitrogens with zero attached hydrogens (tertiary/aromatic N) is 3. The molecule has 0 unspecified atom stereocenters. The number of anilines is 1. The van der Waals surface area contributed by atoms with E-state index in [1.165, 1.54) is 0 Å². The molecule has 31 heavy (non-hydrogen) atoms. The van der Waals surface area contributed by atoms with Crippen LogP contribution in [0, 0.1) is 6.92 Å². The van der Waals surface area contributed by atoms with Gasteiger partial charge in [-0.25, -0.2) is 9.67 Å². The van der Waals surface area contributed by atoms with E-state index in [1.54, 1.807) is 0 Å². The Morgan fingerprint density at radius 1 is 1.13 bits per heavy atom. The third-order valence-electron chi connectivity index (χ3n) is 5.50. The van der Waals surface area contributed by atoms with Gasteiger partial charge in [0.15, 0.2) is 5.65 Å². The van der Waals surface area contributed by atoms with Gasteiger partial charge in [0.2, 0.25) is 0 Å². The monoisotopic (exact) mass is 412 g/mol. The summed E-state index contributed by atoms with van der Waals surface area (Å²) in [5, 5.41) is 8.53. The molecule has 1 aliphatic rings. The molecule has 1 amide bonds. The standard InChI is InChI=1S/C25H24N4O2/c1-3-31-20-13-11-18(12-14-20)26-25(30)21-15-22(17-9-10-17)27-24-23(21)16(2)28-29(24)19-7-5-4-6-8-19/h4-8,11-15,17H,3,9-10H2,1-2H3,(H,26,30). The molecule has 0 bridgehead atoms. The van der Waals surface area contributed by atoms with Gasteiger partial charge < -0.3 is 10.1 Å². The van der Waals surface area contributed by atoms with Gasteiger partial charge in [0.05, 0.1) is 28.9 Å². The number of benzene rings is 2. The third kappa shape index (κ3) is 3.77. The van der Waals surface area contributed by atoms with Crippen LogP contribution in [0.3, 0.4) is 0 Å². The van der Waals surface area contributed by atoms with E-state index >= 15 is 0 Å². The van der Waals surface area contributed by atoms with E-state index in [0.29, 0.717) is 18.1 Å². The number of carbonyl (C=O) groups is 1. The quantitative estimate of drug-likeness (QED) is 0.469. The average Bonchev–Trinajstić information content (AvgIpc) is 3.59. The van der Waals surface area contributed by atoms with Gasteiger partial charge in [-0.1, -0.05) is 18.2 Å². The van der Waals surface area contributed by atoms with Crippen LogP contribution >= 0.6 is 0 Å². The third-order valence-corrected chi connectivity index (χ3v) is 5.50. The number of ether oxygens (including phenoxy) is 1. The summed E-state index contributed by atoms with van der Waals surface area (Å²) in [6.45, 7) is 4.48. The Morgan fingerprint density at radius 3 is 2.55 bits per heavy atom. The molecular formula is C25H24N4O2. The van der Waals surface area contributed by atoms with Crippen molar-refractivity contribution in [2.24, 2.45) is 0 Å². The Labute approximate surface area is 180 Å². The van der Waals surface area contributed by atoms with Gasteiger partial charge in [-0.15, -0.1) is 0 Å². The first-order chi connectivity index (χ1) is 15.1. The summed E-state index contributed by atoms with van der Waals surface area (Å²) in [5.41, 5.74) is 4.73. The van der Waals surface area contributed by atoms with Crippen molar-refractivity contribution in [3.8, 4) is 11.4 Å². The van der Waals surface area contributed by atoms with Crippen molar-refractivity contribution >= 4 is 22.6 Å². The molecule has 0 aliphatic heterocycles. The van der Waals surface area contributed by atoms with E-state index in [2.05, 4.69) is 5.32 Å². The van der Waals surface area contributed by atoms with Crippen molar-refractivity contribution in [1.29, 1.82) is 0 Å². The van der Waals surface area contributed by atoms with Crippen LogP contribution in [0.2, 0.25) is 0 Å². The number of hydrogen-bond acceptors (Lipinski definition) is 4. The van der Waals surface area contributed by atoms with E-state index in [4.69, 9.17) is 14.8 Å². The molecule has 2 aromatic heterocycles. The smallest absolute Gasteiger partial charge is 0.256 e. The molecule has 1 N–H and O–H groups in total. The number of para-hydroxylation sites is 1. The topological polar surface area (TPSA) is 69.0 Å². The first-order valence-corrected chi connectivity index (χ1v) is 10.6. The number of carbonyl (C=O) groups excluding carboxylic acids is 1. The van der Waals surface area contributed by atoms with E-state index in [0.717, 1.165) is 52.4 Å². The number of nitrogens with one attached hydrogen (secondary N) is 1. The number of fused-ring (bicyclic) bond motifs is 1. The normalized spacial score (nSPS) is 13.4. The minimum Gasteiger partial charge on any atom is -0.494 e. The fraction of sp³-hybridized carbons (Fsp3) is 0.240. The number of aryl methyl sites for hydroxylation is 1. The maximum absolute atomic E-state index is 13.3. The van der Waals surface area contributed by atoms with Crippen LogP contribution in [0.25, 0.3) is 16.7 Å². The molecule has 2 heterocycles. The zero-order valence-electron chi connectivity index (χ0n) is 17.6. The maximum atomic E-state index is 13.3. The van der Waals surface area contributed by atoms with Crippen molar-refractivity contribution in [3.05, 3.63) is 77.6 Å². The minimum absolute atomic E-state index is 0.158. The molecule has 5 rings (SSSR count). The van der Waals surface area contributed by atoms with Gasteiger partial charge in [0.25, 0.3) is 5.91 Å². The van der Waals surface area contributed by atoms with Crippen LogP contribution in [0.1, 0.15) is 47.4 Å². The summed E-state index contributed by atoms with van der Waals surface area (Å²) < 4.78 is 7.32. The number of amides is 1. The van der Waals surface area contributed by atoms with Gasteiger partial charge in [-0.2, -0.15) is 5.10 Å². The van der Waals surface area contributed by atoms with Gasteiger partial charge in [-0.3, -0.25) is 4.79 Å². The first kappa shape index (κ1) is 19.3.